The minimum atomic E-state index is -0.148. The normalized spacial score (nSPS) is 9.83. The van der Waals surface area contributed by atoms with E-state index in [1.165, 1.54) is 0 Å². The van der Waals surface area contributed by atoms with E-state index in [4.69, 9.17) is 0 Å². The van der Waals surface area contributed by atoms with Crippen molar-refractivity contribution in [1.29, 1.82) is 0 Å². The van der Waals surface area contributed by atoms with Gasteiger partial charge in [0, 0.05) is 14.2 Å². The first-order valence-electron chi connectivity index (χ1n) is 1.62. The molecule has 0 saturated heterocycles. The molecule has 0 aliphatic carbocycles. The lowest BCUT2D eigenvalue weighted by Crippen LogP contribution is -2.11. The summed E-state index contributed by atoms with van der Waals surface area (Å²) in [5.74, 6) is 0. The summed E-state index contributed by atoms with van der Waals surface area (Å²) < 4.78 is 9.28. The van der Waals surface area contributed by atoms with Gasteiger partial charge < -0.3 is 9.47 Å². The lowest BCUT2D eigenvalue weighted by Gasteiger charge is -2.05. The Labute approximate surface area is 45.9 Å². The van der Waals surface area contributed by atoms with E-state index in [1.54, 1.807) is 14.2 Å². The lowest BCUT2D eigenvalue weighted by atomic mass is 11.3. The molecule has 0 aromatic heterocycles. The van der Waals surface area contributed by atoms with Crippen LogP contribution >= 0.6 is 0 Å². The molecular formula is C3H7AlO2. The van der Waals surface area contributed by atoms with Crippen molar-refractivity contribution in [3.63, 3.8) is 0 Å². The van der Waals surface area contributed by atoms with Crippen LogP contribution in [0.2, 0.25) is 0 Å². The first-order chi connectivity index (χ1) is 2.81. The Hall–Kier alpha value is 0.452. The largest absolute Gasteiger partial charge is 0.374 e. The van der Waals surface area contributed by atoms with Crippen LogP contribution in [0.25, 0.3) is 0 Å². The van der Waals surface area contributed by atoms with Gasteiger partial charge in [0.05, 0.1) is 5.15 Å². The molecule has 0 spiro atoms. The van der Waals surface area contributed by atoms with Crippen molar-refractivity contribution in [2.75, 3.05) is 14.2 Å². The van der Waals surface area contributed by atoms with E-state index in [-0.39, 0.29) is 5.15 Å². The summed E-state index contributed by atoms with van der Waals surface area (Å²) in [5.41, 5.74) is 0. The second-order valence-electron chi connectivity index (χ2n) is 0.840. The van der Waals surface area contributed by atoms with Crippen molar-refractivity contribution >= 4 is 16.3 Å². The summed E-state index contributed by atoms with van der Waals surface area (Å²) in [7, 11) is 3.17. The zero-order valence-electron chi connectivity index (χ0n) is 3.97. The van der Waals surface area contributed by atoms with Gasteiger partial charge in [-0.05, 0) is 0 Å². The first-order valence-corrected chi connectivity index (χ1v) is 2.29. The van der Waals surface area contributed by atoms with Crippen LogP contribution in [0.1, 0.15) is 0 Å². The molecule has 3 heteroatoms. The first kappa shape index (κ1) is 6.45. The van der Waals surface area contributed by atoms with Crippen molar-refractivity contribution < 1.29 is 9.47 Å². The van der Waals surface area contributed by atoms with E-state index < -0.39 is 0 Å². The van der Waals surface area contributed by atoms with E-state index in [2.05, 4.69) is 25.8 Å². The standard InChI is InChI=1S/C3H7O2.Al/c1-4-3-5-2;/h3H,1-2H3;. The number of ether oxygens (including phenoxy) is 2. The molecule has 0 aromatic rings. The van der Waals surface area contributed by atoms with E-state index in [0.717, 1.165) is 0 Å². The maximum atomic E-state index is 4.64. The van der Waals surface area contributed by atoms with E-state index in [1.807, 2.05) is 0 Å². The zero-order valence-corrected chi connectivity index (χ0v) is 5.13. The second kappa shape index (κ2) is 3.64. The van der Waals surface area contributed by atoms with Crippen LogP contribution in [-0.2, 0) is 9.47 Å². The van der Waals surface area contributed by atoms with E-state index >= 15 is 0 Å². The number of hydrogen-bond acceptors (Lipinski definition) is 2. The van der Waals surface area contributed by atoms with Crippen LogP contribution in [0.15, 0.2) is 0 Å². The summed E-state index contributed by atoms with van der Waals surface area (Å²) in [4.78, 5) is 0. The Morgan fingerprint density at radius 1 is 1.33 bits per heavy atom. The summed E-state index contributed by atoms with van der Waals surface area (Å²) in [5, 5.41) is -0.148. The van der Waals surface area contributed by atoms with Crippen molar-refractivity contribution in [3.8, 4) is 0 Å². The Kier molecular flexibility index (Phi) is 3.91. The van der Waals surface area contributed by atoms with Gasteiger partial charge in [-0.1, -0.05) is 0 Å². The summed E-state index contributed by atoms with van der Waals surface area (Å²) in [6.45, 7) is 0. The van der Waals surface area contributed by atoms with Gasteiger partial charge in [0.15, 0.2) is 0 Å². The SMILES string of the molecule is CO[CH]([Al])OC. The highest BCUT2D eigenvalue weighted by Gasteiger charge is 1.86. The fraction of sp³-hybridized carbons (Fsp3) is 1.00. The smallest absolute Gasteiger partial charge is 0.219 e. The molecule has 0 heterocycles. The van der Waals surface area contributed by atoms with Gasteiger partial charge >= 0.3 is 0 Å². The molecule has 0 N–H and O–H groups in total. The highest BCUT2D eigenvalue weighted by atomic mass is 27.0. The van der Waals surface area contributed by atoms with Gasteiger partial charge in [-0.2, -0.15) is 0 Å². The molecule has 0 bridgehead atoms. The van der Waals surface area contributed by atoms with E-state index in [9.17, 15) is 0 Å². The second-order valence-corrected chi connectivity index (χ2v) is 1.38. The molecule has 0 rings (SSSR count). The predicted octanol–water partition coefficient (Wildman–Crippen LogP) is -0.269. The van der Waals surface area contributed by atoms with Gasteiger partial charge in [-0.3, -0.25) is 0 Å². The Bertz CT molecular complexity index is 28.0. The lowest BCUT2D eigenvalue weighted by molar-refractivity contribution is -0.0411. The third kappa shape index (κ3) is 2.68. The van der Waals surface area contributed by atoms with Gasteiger partial charge in [0.1, 0.15) is 0 Å². The molecule has 34 valence electrons. The fourth-order valence-electron chi connectivity index (χ4n) is 0.0962. The number of hydrogen-bond donors (Lipinski definition) is 0. The fourth-order valence-corrected chi connectivity index (χ4v) is 0.0962. The molecule has 0 aliphatic rings. The van der Waals surface area contributed by atoms with Crippen LogP contribution in [0.3, 0.4) is 0 Å². The molecule has 0 aromatic carbocycles. The summed E-state index contributed by atoms with van der Waals surface area (Å²) in [6.07, 6.45) is 0. The number of rotatable bonds is 2. The van der Waals surface area contributed by atoms with Crippen LogP contribution in [0.4, 0.5) is 0 Å². The van der Waals surface area contributed by atoms with Crippen LogP contribution in [0, 0.1) is 0 Å². The highest BCUT2D eigenvalue weighted by molar-refractivity contribution is 6.09. The molecule has 0 fully saturated rings. The molecule has 0 aliphatic heterocycles. The highest BCUT2D eigenvalue weighted by Crippen LogP contribution is 1.77. The maximum absolute atomic E-state index is 4.64. The third-order valence-electron chi connectivity index (χ3n) is 0.465. The average molecular weight is 102 g/mol. The van der Waals surface area contributed by atoms with Crippen LogP contribution in [0.5, 0.6) is 0 Å². The predicted molar refractivity (Wildman–Crippen MR) is 23.6 cm³/mol. The molecule has 0 atom stereocenters. The third-order valence-corrected chi connectivity index (χ3v) is 1.01. The topological polar surface area (TPSA) is 18.5 Å². The maximum Gasteiger partial charge on any atom is 0.219 e. The van der Waals surface area contributed by atoms with E-state index in [0.29, 0.717) is 0 Å². The average Bonchev–Trinajstić information content (AvgIpc) is 1.65. The Morgan fingerprint density at radius 3 is 1.67 bits per heavy atom. The summed E-state index contributed by atoms with van der Waals surface area (Å²) in [6, 6.07) is 0. The Balaban J connectivity index is 2.75. The quantitative estimate of drug-likeness (QED) is 0.353. The molecule has 0 amide bonds. The van der Waals surface area contributed by atoms with Crippen LogP contribution < -0.4 is 0 Å². The molecular weight excluding hydrogens is 95.0 g/mol. The van der Waals surface area contributed by atoms with Crippen molar-refractivity contribution in [2.45, 2.75) is 5.15 Å². The van der Waals surface area contributed by atoms with Gasteiger partial charge in [-0.15, -0.1) is 0 Å². The Morgan fingerprint density at radius 2 is 1.67 bits per heavy atom. The molecule has 2 radical (unpaired) electrons. The molecule has 6 heavy (non-hydrogen) atoms. The molecule has 2 nitrogen and oxygen atoms in total. The zero-order chi connectivity index (χ0) is 4.99. The minimum Gasteiger partial charge on any atom is -0.374 e. The van der Waals surface area contributed by atoms with Gasteiger partial charge in [0.25, 0.3) is 0 Å². The van der Waals surface area contributed by atoms with Crippen LogP contribution in [-0.4, -0.2) is 35.7 Å². The van der Waals surface area contributed by atoms with Crippen molar-refractivity contribution in [3.05, 3.63) is 0 Å². The molecule has 0 saturated carbocycles. The minimum absolute atomic E-state index is 0.148. The number of methoxy groups -OCH3 is 2. The molecule has 0 unspecified atom stereocenters. The van der Waals surface area contributed by atoms with Gasteiger partial charge in [0.2, 0.25) is 16.3 Å². The summed E-state index contributed by atoms with van der Waals surface area (Å²) >= 11 is 2.37. The monoisotopic (exact) mass is 102 g/mol. The van der Waals surface area contributed by atoms with Crippen molar-refractivity contribution in [2.24, 2.45) is 0 Å². The van der Waals surface area contributed by atoms with Crippen molar-refractivity contribution in [1.82, 2.24) is 0 Å². The van der Waals surface area contributed by atoms with Gasteiger partial charge in [-0.25, -0.2) is 0 Å².